The van der Waals surface area contributed by atoms with Gasteiger partial charge in [0.1, 0.15) is 11.6 Å². The van der Waals surface area contributed by atoms with Gasteiger partial charge in [0.25, 0.3) is 0 Å². The van der Waals surface area contributed by atoms with Gasteiger partial charge in [0, 0.05) is 5.56 Å². The number of aryl methyl sites for hydroxylation is 1. The van der Waals surface area contributed by atoms with Crippen LogP contribution in [-0.4, -0.2) is 12.5 Å². The largest absolute Gasteiger partial charge is 0.573 e. The summed E-state index contributed by atoms with van der Waals surface area (Å²) in [7, 11) is 0. The molecule has 2 aliphatic rings. The highest BCUT2D eigenvalue weighted by molar-refractivity contribution is 5.65. The molecule has 2 fully saturated rings. The Morgan fingerprint density at radius 2 is 1.36 bits per heavy atom. The topological polar surface area (TPSA) is 18.5 Å². The number of halogens is 8. The highest BCUT2D eigenvalue weighted by Crippen LogP contribution is 2.45. The van der Waals surface area contributed by atoms with Crippen molar-refractivity contribution >= 4 is 0 Å². The van der Waals surface area contributed by atoms with E-state index in [1.807, 2.05) is 0 Å². The zero-order chi connectivity index (χ0) is 33.8. The van der Waals surface area contributed by atoms with Gasteiger partial charge in [-0.05, 0) is 129 Å². The first kappa shape index (κ1) is 35.2. The van der Waals surface area contributed by atoms with E-state index in [4.69, 9.17) is 4.74 Å². The van der Waals surface area contributed by atoms with Crippen molar-refractivity contribution in [3.05, 3.63) is 88.7 Å². The van der Waals surface area contributed by atoms with Gasteiger partial charge in [-0.25, -0.2) is 13.2 Å². The van der Waals surface area contributed by atoms with Gasteiger partial charge in [0.05, 0.1) is 11.7 Å². The van der Waals surface area contributed by atoms with E-state index in [2.05, 4.69) is 11.7 Å². The summed E-state index contributed by atoms with van der Waals surface area (Å²) in [5.74, 6) is -2.83. The van der Waals surface area contributed by atoms with Gasteiger partial charge in [0.2, 0.25) is 0 Å². The van der Waals surface area contributed by atoms with Crippen molar-refractivity contribution in [1.82, 2.24) is 0 Å². The number of rotatable bonds is 11. The molecule has 3 aromatic rings. The normalized spacial score (nSPS) is 22.3. The predicted molar refractivity (Wildman–Crippen MR) is 164 cm³/mol. The molecule has 0 atom stereocenters. The van der Waals surface area contributed by atoms with Crippen LogP contribution in [0.1, 0.15) is 100 Å². The van der Waals surface area contributed by atoms with Crippen LogP contribution in [0.3, 0.4) is 0 Å². The van der Waals surface area contributed by atoms with Gasteiger partial charge < -0.3 is 9.47 Å². The first-order chi connectivity index (χ1) is 22.3. The third-order valence-electron chi connectivity index (χ3n) is 9.82. The van der Waals surface area contributed by atoms with Crippen molar-refractivity contribution in [2.24, 2.45) is 11.8 Å². The molecule has 0 radical (unpaired) electrons. The van der Waals surface area contributed by atoms with Crippen LogP contribution in [0, 0.1) is 29.3 Å². The van der Waals surface area contributed by atoms with E-state index in [0.29, 0.717) is 36.7 Å². The molecule has 0 bridgehead atoms. The van der Waals surface area contributed by atoms with E-state index in [-0.39, 0.29) is 17.0 Å². The van der Waals surface area contributed by atoms with Crippen LogP contribution in [0.5, 0.6) is 5.75 Å². The number of unbranched alkanes of at least 4 members (excludes halogenated alkanes) is 2. The van der Waals surface area contributed by atoms with E-state index in [9.17, 15) is 30.7 Å². The molecule has 0 heterocycles. The Bertz CT molecular complexity index is 1490. The second-order valence-corrected chi connectivity index (χ2v) is 13.0. The van der Waals surface area contributed by atoms with Crippen molar-refractivity contribution in [3.8, 4) is 16.9 Å². The monoisotopic (exact) mass is 668 g/mol. The number of ether oxygens (including phenoxy) is 2. The van der Waals surface area contributed by atoms with Gasteiger partial charge in [-0.2, -0.15) is 8.78 Å². The van der Waals surface area contributed by atoms with Crippen molar-refractivity contribution in [2.45, 2.75) is 108 Å². The molecule has 2 saturated carbocycles. The highest BCUT2D eigenvalue weighted by Gasteiger charge is 2.41. The van der Waals surface area contributed by atoms with E-state index < -0.39 is 47.3 Å². The molecule has 5 rings (SSSR count). The third-order valence-corrected chi connectivity index (χ3v) is 9.82. The lowest BCUT2D eigenvalue weighted by Gasteiger charge is -2.38. The van der Waals surface area contributed by atoms with E-state index in [1.54, 1.807) is 12.1 Å². The van der Waals surface area contributed by atoms with Crippen LogP contribution >= 0.6 is 0 Å². The SMILES string of the molecule is CCCCCc1ccc(C(F)(F)OC2CCC(C3CCC(c4ccc(-c5ccc(OC(F)(F)F)c(F)c5)c(F)c4)CC3)CC2)c(F)c1. The van der Waals surface area contributed by atoms with Gasteiger partial charge in [0.15, 0.2) is 11.6 Å². The lowest BCUT2D eigenvalue weighted by molar-refractivity contribution is -0.279. The van der Waals surface area contributed by atoms with Crippen LogP contribution in [0.15, 0.2) is 54.6 Å². The first-order valence-corrected chi connectivity index (χ1v) is 16.5. The van der Waals surface area contributed by atoms with Gasteiger partial charge in [-0.15, -0.1) is 13.2 Å². The van der Waals surface area contributed by atoms with Gasteiger partial charge in [-0.3, -0.25) is 0 Å². The molecule has 0 N–H and O–H groups in total. The zero-order valence-corrected chi connectivity index (χ0v) is 26.3. The molecule has 2 nitrogen and oxygen atoms in total. The Morgan fingerprint density at radius 1 is 0.681 bits per heavy atom. The molecule has 0 spiro atoms. The number of hydrogen-bond donors (Lipinski definition) is 0. The van der Waals surface area contributed by atoms with E-state index in [0.717, 1.165) is 81.5 Å². The molecule has 10 heteroatoms. The fourth-order valence-corrected chi connectivity index (χ4v) is 7.30. The predicted octanol–water partition coefficient (Wildman–Crippen LogP) is 12.0. The fraction of sp³-hybridized carbons (Fsp3) is 0.514. The molecule has 0 unspecified atom stereocenters. The van der Waals surface area contributed by atoms with Crippen LogP contribution in [0.4, 0.5) is 35.1 Å². The van der Waals surface area contributed by atoms with E-state index >= 15 is 4.39 Å². The Balaban J connectivity index is 1.10. The first-order valence-electron chi connectivity index (χ1n) is 16.5. The summed E-state index contributed by atoms with van der Waals surface area (Å²) in [6.07, 6.45) is 0.143. The second-order valence-electron chi connectivity index (χ2n) is 13.0. The summed E-state index contributed by atoms with van der Waals surface area (Å²) in [4.78, 5) is 0. The lowest BCUT2D eigenvalue weighted by atomic mass is 9.69. The highest BCUT2D eigenvalue weighted by atomic mass is 19.4. The maximum Gasteiger partial charge on any atom is 0.573 e. The van der Waals surface area contributed by atoms with Crippen LogP contribution in [-0.2, 0) is 17.3 Å². The Hall–Kier alpha value is -3.14. The van der Waals surface area contributed by atoms with Crippen molar-refractivity contribution in [2.75, 3.05) is 0 Å². The Kier molecular flexibility index (Phi) is 11.2. The lowest BCUT2D eigenvalue weighted by Crippen LogP contribution is -2.32. The van der Waals surface area contributed by atoms with Crippen molar-refractivity contribution in [3.63, 3.8) is 0 Å². The standard InChI is InChI=1S/C37H40F8O2/c1-2-3-4-5-23-6-18-31(33(39)20-23)36(41,42)46-29-15-11-25(12-16-29)24-7-9-26(10-8-24)27-13-17-30(32(38)21-27)28-14-19-35(34(40)22-28)47-37(43,44)45/h6,13-14,17-22,24-26,29H,2-5,7-12,15-16H2,1H3. The van der Waals surface area contributed by atoms with E-state index in [1.165, 1.54) is 24.3 Å². The summed E-state index contributed by atoms with van der Waals surface area (Å²) in [6.45, 7) is 2.06. The minimum atomic E-state index is -5.04. The molecule has 256 valence electrons. The molecule has 0 amide bonds. The zero-order valence-electron chi connectivity index (χ0n) is 26.3. The molecule has 3 aromatic carbocycles. The molecule has 0 aromatic heterocycles. The summed E-state index contributed by atoms with van der Waals surface area (Å²) in [5, 5.41) is 0. The third kappa shape index (κ3) is 9.06. The van der Waals surface area contributed by atoms with Crippen LogP contribution in [0.2, 0.25) is 0 Å². The molecular weight excluding hydrogens is 628 g/mol. The summed E-state index contributed by atoms with van der Waals surface area (Å²) in [6, 6.07) is 11.4. The summed E-state index contributed by atoms with van der Waals surface area (Å²) < 4.78 is 120. The average Bonchev–Trinajstić information content (AvgIpc) is 3.02. The van der Waals surface area contributed by atoms with Crippen molar-refractivity contribution in [1.29, 1.82) is 0 Å². The van der Waals surface area contributed by atoms with Crippen LogP contribution in [0.25, 0.3) is 11.1 Å². The number of hydrogen-bond acceptors (Lipinski definition) is 2. The maximum absolute atomic E-state index is 15.1. The maximum atomic E-state index is 15.1. The molecule has 2 aliphatic carbocycles. The average molecular weight is 669 g/mol. The number of benzene rings is 3. The number of alkyl halides is 5. The molecule has 0 aliphatic heterocycles. The second kappa shape index (κ2) is 15.0. The van der Waals surface area contributed by atoms with Gasteiger partial charge >= 0.3 is 12.5 Å². The van der Waals surface area contributed by atoms with Crippen molar-refractivity contribution < 1.29 is 44.6 Å². The Labute approximate surface area is 270 Å². The van der Waals surface area contributed by atoms with Crippen LogP contribution < -0.4 is 4.74 Å². The van der Waals surface area contributed by atoms with Gasteiger partial charge in [-0.1, -0.05) is 44.0 Å². The summed E-state index contributed by atoms with van der Waals surface area (Å²) >= 11 is 0. The fourth-order valence-electron chi connectivity index (χ4n) is 7.30. The summed E-state index contributed by atoms with van der Waals surface area (Å²) in [5.41, 5.74) is 0.969. The Morgan fingerprint density at radius 3 is 1.96 bits per heavy atom. The minimum Gasteiger partial charge on any atom is -0.403 e. The molecular formula is C37H40F8O2. The quantitative estimate of drug-likeness (QED) is 0.150. The smallest absolute Gasteiger partial charge is 0.403 e. The molecule has 47 heavy (non-hydrogen) atoms. The molecule has 0 saturated heterocycles. The minimum absolute atomic E-state index is 0.0756.